The maximum Gasteiger partial charge on any atom is 0.232 e. The Morgan fingerprint density at radius 1 is 1.47 bits per heavy atom. The molecule has 1 rings (SSSR count). The lowest BCUT2D eigenvalue weighted by atomic mass is 10.2. The minimum Gasteiger partial charge on any atom is -0.399 e. The number of aryl methyl sites for hydroxylation is 1. The van der Waals surface area contributed by atoms with Gasteiger partial charge in [0.25, 0.3) is 0 Å². The van der Waals surface area contributed by atoms with E-state index < -0.39 is 10.8 Å². The second-order valence-electron chi connectivity index (χ2n) is 3.86. The first-order valence-electron chi connectivity index (χ1n) is 5.55. The van der Waals surface area contributed by atoms with E-state index in [0.29, 0.717) is 17.1 Å². The van der Waals surface area contributed by atoms with Gasteiger partial charge >= 0.3 is 0 Å². The number of hydrogen-bond donors (Lipinski definition) is 2. The molecule has 0 bridgehead atoms. The van der Waals surface area contributed by atoms with Crippen LogP contribution in [0.2, 0.25) is 0 Å². The molecule has 5 heteroatoms. The van der Waals surface area contributed by atoms with Crippen molar-refractivity contribution in [2.75, 3.05) is 18.0 Å². The number of carbonyl (C=O) groups is 1. The molecule has 0 aliphatic carbocycles. The average Bonchev–Trinajstić information content (AvgIpc) is 2.26. The first-order chi connectivity index (χ1) is 8.04. The van der Waals surface area contributed by atoms with E-state index in [4.69, 9.17) is 5.73 Å². The van der Waals surface area contributed by atoms with Crippen molar-refractivity contribution in [2.24, 2.45) is 0 Å². The first-order valence-corrected chi connectivity index (χ1v) is 6.87. The Morgan fingerprint density at radius 3 is 2.76 bits per heavy atom. The van der Waals surface area contributed by atoms with Crippen LogP contribution in [0.5, 0.6) is 0 Å². The summed E-state index contributed by atoms with van der Waals surface area (Å²) in [4.78, 5) is 12.1. The van der Waals surface area contributed by atoms with Crippen LogP contribution >= 0.6 is 0 Å². The number of hydrogen-bond acceptors (Lipinski definition) is 3. The number of carbonyl (C=O) groups excluding carboxylic acids is 1. The van der Waals surface area contributed by atoms with Crippen molar-refractivity contribution in [2.45, 2.75) is 25.2 Å². The summed E-state index contributed by atoms with van der Waals surface area (Å²) in [7, 11) is -1.30. The summed E-state index contributed by atoms with van der Waals surface area (Å²) in [6.07, 6.45) is 0.874. The molecule has 1 atom stereocenters. The Hall–Kier alpha value is -1.36. The lowest BCUT2D eigenvalue weighted by molar-refractivity contribution is -0.118. The third kappa shape index (κ3) is 4.19. The fourth-order valence-corrected chi connectivity index (χ4v) is 2.57. The normalized spacial score (nSPS) is 12.1. The largest absolute Gasteiger partial charge is 0.399 e. The predicted molar refractivity (Wildman–Crippen MR) is 70.2 cm³/mol. The van der Waals surface area contributed by atoms with Crippen LogP contribution in [0.3, 0.4) is 0 Å². The lowest BCUT2D eigenvalue weighted by Gasteiger charge is -2.07. The van der Waals surface area contributed by atoms with Gasteiger partial charge in [-0.3, -0.25) is 9.00 Å². The molecule has 0 saturated heterocycles. The molecule has 1 aromatic rings. The molecule has 0 heterocycles. The van der Waals surface area contributed by atoms with Crippen LogP contribution in [0.15, 0.2) is 23.1 Å². The Morgan fingerprint density at radius 2 is 2.18 bits per heavy atom. The molecule has 0 aliphatic rings. The quantitative estimate of drug-likeness (QED) is 0.776. The molecule has 0 spiro atoms. The van der Waals surface area contributed by atoms with Gasteiger partial charge in [-0.2, -0.15) is 0 Å². The van der Waals surface area contributed by atoms with Crippen molar-refractivity contribution < 1.29 is 9.00 Å². The standard InChI is InChI=1S/C12H18N2O2S/c1-3-6-14-12(15)8-17(16)11-5-4-10(13)7-9(11)2/h4-5,7H,3,6,8,13H2,1-2H3,(H,14,15). The van der Waals surface area contributed by atoms with Crippen LogP contribution in [0, 0.1) is 6.92 Å². The summed E-state index contributed by atoms with van der Waals surface area (Å²) in [5, 5.41) is 2.71. The van der Waals surface area contributed by atoms with Crippen molar-refractivity contribution in [3.63, 3.8) is 0 Å². The van der Waals surface area contributed by atoms with Crippen LogP contribution < -0.4 is 11.1 Å². The molecular formula is C12H18N2O2S. The molecule has 0 aromatic heterocycles. The highest BCUT2D eigenvalue weighted by Gasteiger charge is 2.11. The van der Waals surface area contributed by atoms with E-state index in [0.717, 1.165) is 12.0 Å². The van der Waals surface area contributed by atoms with Crippen molar-refractivity contribution in [3.8, 4) is 0 Å². The van der Waals surface area contributed by atoms with Gasteiger partial charge < -0.3 is 11.1 Å². The smallest absolute Gasteiger partial charge is 0.232 e. The van der Waals surface area contributed by atoms with Gasteiger partial charge in [0.1, 0.15) is 5.75 Å². The van der Waals surface area contributed by atoms with E-state index in [1.807, 2.05) is 13.8 Å². The molecule has 17 heavy (non-hydrogen) atoms. The number of benzene rings is 1. The fraction of sp³-hybridized carbons (Fsp3) is 0.417. The molecule has 1 amide bonds. The van der Waals surface area contributed by atoms with Gasteiger partial charge in [-0.15, -0.1) is 0 Å². The molecule has 94 valence electrons. The maximum absolute atomic E-state index is 12.0. The number of rotatable bonds is 5. The maximum atomic E-state index is 12.0. The highest BCUT2D eigenvalue weighted by atomic mass is 32.2. The number of amides is 1. The number of nitrogens with one attached hydrogen (secondary N) is 1. The lowest BCUT2D eigenvalue weighted by Crippen LogP contribution is -2.29. The topological polar surface area (TPSA) is 72.2 Å². The number of nitrogen functional groups attached to an aromatic ring is 1. The predicted octanol–water partition coefficient (Wildman–Crippen LogP) is 1.21. The number of anilines is 1. The van der Waals surface area contributed by atoms with Crippen LogP contribution in [0.25, 0.3) is 0 Å². The molecule has 3 N–H and O–H groups in total. The van der Waals surface area contributed by atoms with Gasteiger partial charge in [0.2, 0.25) is 5.91 Å². The van der Waals surface area contributed by atoms with Crippen molar-refractivity contribution >= 4 is 22.4 Å². The minimum atomic E-state index is -1.30. The summed E-state index contributed by atoms with van der Waals surface area (Å²) in [6, 6.07) is 5.18. The van der Waals surface area contributed by atoms with E-state index in [2.05, 4.69) is 5.32 Å². The minimum absolute atomic E-state index is 0.00472. The highest BCUT2D eigenvalue weighted by Crippen LogP contribution is 2.16. The van der Waals surface area contributed by atoms with E-state index in [-0.39, 0.29) is 11.7 Å². The SMILES string of the molecule is CCCNC(=O)CS(=O)c1ccc(N)cc1C. The number of nitrogens with two attached hydrogens (primary N) is 1. The van der Waals surface area contributed by atoms with E-state index >= 15 is 0 Å². The van der Waals surface area contributed by atoms with Gasteiger partial charge in [-0.1, -0.05) is 6.92 Å². The zero-order chi connectivity index (χ0) is 12.8. The molecule has 1 unspecified atom stereocenters. The zero-order valence-electron chi connectivity index (χ0n) is 10.2. The Kier molecular flexibility index (Phi) is 5.15. The summed E-state index contributed by atoms with van der Waals surface area (Å²) in [5.41, 5.74) is 7.11. The van der Waals surface area contributed by atoms with Crippen molar-refractivity contribution in [1.82, 2.24) is 5.32 Å². The average molecular weight is 254 g/mol. The molecule has 1 aromatic carbocycles. The van der Waals surface area contributed by atoms with Crippen LogP contribution in [0.4, 0.5) is 5.69 Å². The third-order valence-electron chi connectivity index (χ3n) is 2.28. The first kappa shape index (κ1) is 13.7. The summed E-state index contributed by atoms with van der Waals surface area (Å²) in [6.45, 7) is 4.44. The van der Waals surface area contributed by atoms with Crippen LogP contribution in [0.1, 0.15) is 18.9 Å². The second-order valence-corrected chi connectivity index (χ2v) is 5.28. The molecule has 0 saturated carbocycles. The van der Waals surface area contributed by atoms with E-state index in [1.54, 1.807) is 18.2 Å². The zero-order valence-corrected chi connectivity index (χ0v) is 11.0. The molecular weight excluding hydrogens is 236 g/mol. The van der Waals surface area contributed by atoms with Crippen molar-refractivity contribution in [3.05, 3.63) is 23.8 Å². The molecule has 4 nitrogen and oxygen atoms in total. The fourth-order valence-electron chi connectivity index (χ4n) is 1.44. The van der Waals surface area contributed by atoms with Crippen LogP contribution in [-0.2, 0) is 15.6 Å². The Balaban J connectivity index is 2.67. The third-order valence-corrected chi connectivity index (χ3v) is 3.75. The van der Waals surface area contributed by atoms with Gasteiger partial charge in [0.15, 0.2) is 0 Å². The van der Waals surface area contributed by atoms with Gasteiger partial charge in [-0.05, 0) is 37.1 Å². The van der Waals surface area contributed by atoms with E-state index in [9.17, 15) is 9.00 Å². The van der Waals surface area contributed by atoms with E-state index in [1.165, 1.54) is 0 Å². The molecule has 0 radical (unpaired) electrons. The Labute approximate surface area is 104 Å². The van der Waals surface area contributed by atoms with Gasteiger partial charge in [0, 0.05) is 17.1 Å². The summed E-state index contributed by atoms with van der Waals surface area (Å²) >= 11 is 0. The molecule has 0 aliphatic heterocycles. The van der Waals surface area contributed by atoms with Crippen molar-refractivity contribution in [1.29, 1.82) is 0 Å². The van der Waals surface area contributed by atoms with Gasteiger partial charge in [0.05, 0.1) is 10.8 Å². The van der Waals surface area contributed by atoms with Gasteiger partial charge in [-0.25, -0.2) is 0 Å². The Bertz CT molecular complexity index is 433. The highest BCUT2D eigenvalue weighted by molar-refractivity contribution is 7.85. The monoisotopic (exact) mass is 254 g/mol. The second kappa shape index (κ2) is 6.39. The van der Waals surface area contributed by atoms with Crippen LogP contribution in [-0.4, -0.2) is 22.4 Å². The molecule has 0 fully saturated rings. The summed E-state index contributed by atoms with van der Waals surface area (Å²) in [5.74, 6) is -0.175. The summed E-state index contributed by atoms with van der Waals surface area (Å²) < 4.78 is 12.0.